The summed E-state index contributed by atoms with van der Waals surface area (Å²) in [6.45, 7) is 0. The first kappa shape index (κ1) is 29.6. The van der Waals surface area contributed by atoms with Gasteiger partial charge in [0, 0.05) is 12.5 Å². The number of hydrogen-bond acceptors (Lipinski definition) is 6. The lowest BCUT2D eigenvalue weighted by molar-refractivity contribution is -0.131. The van der Waals surface area contributed by atoms with E-state index >= 15 is 0 Å². The van der Waals surface area contributed by atoms with Crippen molar-refractivity contribution in [3.05, 3.63) is 114 Å². The fourth-order valence-corrected chi connectivity index (χ4v) is 4.37. The first-order chi connectivity index (χ1) is 18.7. The van der Waals surface area contributed by atoms with Crippen molar-refractivity contribution in [3.63, 3.8) is 0 Å². The molecule has 0 fully saturated rings. The lowest BCUT2D eigenvalue weighted by Crippen LogP contribution is -2.50. The van der Waals surface area contributed by atoms with Crippen molar-refractivity contribution in [1.82, 2.24) is 5.32 Å². The lowest BCUT2D eigenvalue weighted by atomic mass is 9.91. The van der Waals surface area contributed by atoms with Gasteiger partial charge in [0.15, 0.2) is 0 Å². The topological polar surface area (TPSA) is 159 Å². The van der Waals surface area contributed by atoms with Crippen LogP contribution in [0.5, 0.6) is 5.75 Å². The van der Waals surface area contributed by atoms with E-state index in [1.807, 2.05) is 60.7 Å². The van der Waals surface area contributed by atoms with Crippen LogP contribution >= 0.6 is 0 Å². The van der Waals surface area contributed by atoms with Gasteiger partial charge in [-0.1, -0.05) is 84.9 Å². The van der Waals surface area contributed by atoms with Gasteiger partial charge in [0.1, 0.15) is 11.8 Å². The summed E-state index contributed by atoms with van der Waals surface area (Å²) in [7, 11) is 0. The Morgan fingerprint density at radius 2 is 1.31 bits per heavy atom. The van der Waals surface area contributed by atoms with Gasteiger partial charge in [0.2, 0.25) is 11.8 Å². The van der Waals surface area contributed by atoms with E-state index in [-0.39, 0.29) is 31.1 Å². The Kier molecular flexibility index (Phi) is 11.2. The summed E-state index contributed by atoms with van der Waals surface area (Å²) < 4.78 is 0. The van der Waals surface area contributed by atoms with Crippen LogP contribution in [0.2, 0.25) is 0 Å². The van der Waals surface area contributed by atoms with Crippen molar-refractivity contribution in [2.45, 2.75) is 50.0 Å². The molecule has 206 valence electrons. The molecule has 0 aliphatic rings. The highest BCUT2D eigenvalue weighted by Crippen LogP contribution is 2.17. The Morgan fingerprint density at radius 1 is 0.769 bits per heavy atom. The largest absolute Gasteiger partial charge is 0.508 e. The van der Waals surface area contributed by atoms with Crippen LogP contribution in [0.3, 0.4) is 0 Å². The zero-order chi connectivity index (χ0) is 28.2. The average Bonchev–Trinajstić information content (AvgIpc) is 2.92. The first-order valence-corrected chi connectivity index (χ1v) is 13.0. The van der Waals surface area contributed by atoms with Gasteiger partial charge in [-0.2, -0.15) is 0 Å². The molecule has 5 atom stereocenters. The molecule has 8 heteroatoms. The van der Waals surface area contributed by atoms with E-state index in [0.717, 1.165) is 16.7 Å². The maximum absolute atomic E-state index is 13.3. The van der Waals surface area contributed by atoms with Gasteiger partial charge in [-0.3, -0.25) is 9.59 Å². The molecule has 0 radical (unpaired) electrons. The molecule has 39 heavy (non-hydrogen) atoms. The van der Waals surface area contributed by atoms with Gasteiger partial charge < -0.3 is 32.1 Å². The van der Waals surface area contributed by atoms with E-state index in [2.05, 4.69) is 5.32 Å². The van der Waals surface area contributed by atoms with Gasteiger partial charge >= 0.3 is 0 Å². The van der Waals surface area contributed by atoms with Crippen molar-refractivity contribution >= 4 is 11.8 Å². The average molecular weight is 532 g/mol. The number of nitrogens with one attached hydrogen (secondary N) is 1. The molecule has 0 spiro atoms. The summed E-state index contributed by atoms with van der Waals surface area (Å²) in [6, 6.07) is 23.8. The van der Waals surface area contributed by atoms with Gasteiger partial charge in [0.05, 0.1) is 18.1 Å². The second kappa shape index (κ2) is 14.8. The highest BCUT2D eigenvalue weighted by molar-refractivity contribution is 5.88. The van der Waals surface area contributed by atoms with Crippen molar-refractivity contribution in [2.24, 2.45) is 17.4 Å². The lowest BCUT2D eigenvalue weighted by Gasteiger charge is -2.24. The van der Waals surface area contributed by atoms with Crippen LogP contribution in [-0.2, 0) is 28.9 Å². The second-order valence-electron chi connectivity index (χ2n) is 9.76. The molecular weight excluding hydrogens is 494 g/mol. The number of aliphatic hydroxyl groups is 2. The summed E-state index contributed by atoms with van der Waals surface area (Å²) in [6.07, 6.45) is 1.82. The van der Waals surface area contributed by atoms with E-state index in [1.54, 1.807) is 24.3 Å². The predicted octanol–water partition coefficient (Wildman–Crippen LogP) is 2.00. The number of phenols is 1. The van der Waals surface area contributed by atoms with E-state index in [4.69, 9.17) is 11.5 Å². The van der Waals surface area contributed by atoms with Crippen LogP contribution in [0.4, 0.5) is 0 Å². The summed E-state index contributed by atoms with van der Waals surface area (Å²) in [5.74, 6) is -1.96. The third-order valence-electron chi connectivity index (χ3n) is 6.50. The molecule has 8 nitrogen and oxygen atoms in total. The molecular formula is C31H37N3O5. The maximum Gasteiger partial charge on any atom is 0.240 e. The highest BCUT2D eigenvalue weighted by Gasteiger charge is 2.29. The fourth-order valence-electron chi connectivity index (χ4n) is 4.37. The van der Waals surface area contributed by atoms with Gasteiger partial charge in [-0.05, 0) is 48.1 Å². The molecule has 0 saturated heterocycles. The monoisotopic (exact) mass is 531 g/mol. The van der Waals surface area contributed by atoms with Crippen LogP contribution in [0.1, 0.15) is 23.1 Å². The second-order valence-corrected chi connectivity index (χ2v) is 9.76. The number of aliphatic hydroxyl groups excluding tert-OH is 2. The summed E-state index contributed by atoms with van der Waals surface area (Å²) in [5.41, 5.74) is 14.4. The van der Waals surface area contributed by atoms with Crippen molar-refractivity contribution in [3.8, 4) is 5.75 Å². The smallest absolute Gasteiger partial charge is 0.240 e. The van der Waals surface area contributed by atoms with E-state index in [1.165, 1.54) is 12.2 Å². The third-order valence-corrected chi connectivity index (χ3v) is 6.50. The van der Waals surface area contributed by atoms with Crippen LogP contribution in [-0.4, -0.2) is 51.4 Å². The van der Waals surface area contributed by atoms with Crippen LogP contribution < -0.4 is 16.8 Å². The molecule has 0 bridgehead atoms. The third kappa shape index (κ3) is 10.0. The number of hydrogen-bond donors (Lipinski definition) is 6. The predicted molar refractivity (Wildman–Crippen MR) is 150 cm³/mol. The van der Waals surface area contributed by atoms with Crippen LogP contribution in [0, 0.1) is 5.92 Å². The Labute approximate surface area is 229 Å². The molecule has 0 aliphatic heterocycles. The van der Waals surface area contributed by atoms with Gasteiger partial charge in [0.25, 0.3) is 0 Å². The Hall–Kier alpha value is -3.98. The molecule has 3 aromatic rings. The number of primary amides is 1. The number of carbonyl (C=O) groups is 2. The van der Waals surface area contributed by atoms with Crippen molar-refractivity contribution < 1.29 is 24.9 Å². The van der Waals surface area contributed by atoms with E-state index in [9.17, 15) is 24.9 Å². The quantitative estimate of drug-likeness (QED) is 0.175. The number of nitrogens with two attached hydrogens (primary N) is 2. The Balaban J connectivity index is 1.67. The minimum atomic E-state index is -1.24. The van der Waals surface area contributed by atoms with Gasteiger partial charge in [-0.15, -0.1) is 0 Å². The zero-order valence-corrected chi connectivity index (χ0v) is 21.8. The summed E-state index contributed by atoms with van der Waals surface area (Å²) in [4.78, 5) is 25.5. The van der Waals surface area contributed by atoms with Crippen molar-refractivity contribution in [1.29, 1.82) is 0 Å². The standard InChI is InChI=1S/C31H37N3O5/c32-24(17-23-11-13-25(35)14-12-23)20-26(36)15-16-29(37)27(18-21-7-3-1-4-8-21)31(39)34-28(30(33)38)19-22-9-5-2-6-10-22/h1-16,24,26-29,35-37H,17-20,32H2,(H2,33,38)(H,34,39)/b16-15+/t24-,26+,27+,28+,29-/m1/s1. The number of amides is 2. The fraction of sp³-hybridized carbons (Fsp3) is 0.290. The number of benzene rings is 3. The molecule has 0 heterocycles. The van der Waals surface area contributed by atoms with Crippen molar-refractivity contribution in [2.75, 3.05) is 0 Å². The SMILES string of the molecule is NC(=O)[C@H](Cc1ccccc1)NC(=O)[C@@H](Cc1ccccc1)[C@H](O)/C=C/[C@H](O)C[C@H](N)Cc1ccc(O)cc1. The minimum Gasteiger partial charge on any atom is -0.508 e. The molecule has 3 aromatic carbocycles. The highest BCUT2D eigenvalue weighted by atomic mass is 16.3. The molecule has 0 aliphatic carbocycles. The molecule has 0 aromatic heterocycles. The van der Waals surface area contributed by atoms with E-state index < -0.39 is 36.0 Å². The van der Waals surface area contributed by atoms with E-state index in [0.29, 0.717) is 6.42 Å². The minimum absolute atomic E-state index is 0.167. The Morgan fingerprint density at radius 3 is 1.87 bits per heavy atom. The van der Waals surface area contributed by atoms with Gasteiger partial charge in [-0.25, -0.2) is 0 Å². The number of carbonyl (C=O) groups excluding carboxylic acids is 2. The van der Waals surface area contributed by atoms with Crippen LogP contribution in [0.15, 0.2) is 97.1 Å². The first-order valence-electron chi connectivity index (χ1n) is 13.0. The molecule has 8 N–H and O–H groups in total. The summed E-state index contributed by atoms with van der Waals surface area (Å²) in [5, 5.41) is 33.6. The number of rotatable bonds is 14. The molecule has 0 saturated carbocycles. The number of aromatic hydroxyl groups is 1. The normalized spacial score (nSPS) is 15.3. The molecule has 3 rings (SSSR count). The maximum atomic E-state index is 13.3. The number of phenolic OH excluding ortho intramolecular Hbond substituents is 1. The molecule has 0 unspecified atom stereocenters. The zero-order valence-electron chi connectivity index (χ0n) is 21.8. The van der Waals surface area contributed by atoms with Crippen LogP contribution in [0.25, 0.3) is 0 Å². The summed E-state index contributed by atoms with van der Waals surface area (Å²) >= 11 is 0. The molecule has 2 amide bonds. The Bertz CT molecular complexity index is 1200.